The summed E-state index contributed by atoms with van der Waals surface area (Å²) in [5.74, 6) is 1.53. The number of ether oxygens (including phenoxy) is 1. The van der Waals surface area contributed by atoms with Crippen molar-refractivity contribution in [2.75, 3.05) is 33.0 Å². The highest BCUT2D eigenvalue weighted by Crippen LogP contribution is 2.25. The monoisotopic (exact) mass is 501 g/mol. The van der Waals surface area contributed by atoms with Crippen molar-refractivity contribution in [2.24, 2.45) is 4.99 Å². The minimum absolute atomic E-state index is 0. The van der Waals surface area contributed by atoms with E-state index in [2.05, 4.69) is 10.3 Å². The van der Waals surface area contributed by atoms with Crippen LogP contribution in [0.3, 0.4) is 0 Å². The van der Waals surface area contributed by atoms with Crippen molar-refractivity contribution < 1.29 is 13.2 Å². The molecule has 0 amide bonds. The van der Waals surface area contributed by atoms with Crippen LogP contribution >= 0.6 is 35.6 Å². The maximum absolute atomic E-state index is 12.1. The van der Waals surface area contributed by atoms with Gasteiger partial charge >= 0.3 is 0 Å². The molecule has 1 aromatic carbocycles. The van der Waals surface area contributed by atoms with Crippen LogP contribution in [-0.4, -0.2) is 57.0 Å². The van der Waals surface area contributed by atoms with Gasteiger partial charge in [-0.3, -0.25) is 4.99 Å². The summed E-state index contributed by atoms with van der Waals surface area (Å²) in [5, 5.41) is 3.90. The molecule has 1 aliphatic rings. The van der Waals surface area contributed by atoms with Gasteiger partial charge in [0.25, 0.3) is 0 Å². The highest BCUT2D eigenvalue weighted by Gasteiger charge is 2.40. The van der Waals surface area contributed by atoms with E-state index in [9.17, 15) is 8.42 Å². The van der Waals surface area contributed by atoms with Crippen LogP contribution in [0.5, 0.6) is 5.75 Å². The van der Waals surface area contributed by atoms with Crippen LogP contribution in [0.2, 0.25) is 5.02 Å². The van der Waals surface area contributed by atoms with E-state index in [1.807, 2.05) is 17.0 Å². The number of halogens is 2. The van der Waals surface area contributed by atoms with E-state index in [1.54, 1.807) is 34.1 Å². The molecule has 0 radical (unpaired) electrons. The maximum atomic E-state index is 12.1. The van der Waals surface area contributed by atoms with Gasteiger partial charge in [-0.15, -0.1) is 24.0 Å². The molecular weight excluding hydrogens is 477 g/mol. The lowest BCUT2D eigenvalue weighted by atomic mass is 10.2. The Morgan fingerprint density at radius 1 is 1.44 bits per heavy atom. The fourth-order valence-electron chi connectivity index (χ4n) is 2.72. The molecule has 1 heterocycles. The van der Waals surface area contributed by atoms with Crippen LogP contribution < -0.4 is 10.1 Å². The average Bonchev–Trinajstić information content (AvgIpc) is 2.51. The molecule has 1 fully saturated rings. The molecule has 142 valence electrons. The van der Waals surface area contributed by atoms with E-state index in [0.717, 1.165) is 11.3 Å². The van der Waals surface area contributed by atoms with Crippen molar-refractivity contribution in [2.45, 2.75) is 25.1 Å². The summed E-state index contributed by atoms with van der Waals surface area (Å²) < 4.78 is 28.8. The third kappa shape index (κ3) is 5.13. The van der Waals surface area contributed by atoms with E-state index < -0.39 is 14.6 Å². The normalized spacial score (nSPS) is 19.1. The standard InChI is InChI=1S/C16H24ClN3O3S.HI/c1-16(2)11-20(7-8-24(16,21)22)15(18-3)19-10-12-9-13(17)5-6-14(12)23-4;/h5-6,9H,7-8,10-11H2,1-4H3,(H,18,19);1H. The first-order chi connectivity index (χ1) is 11.2. The van der Waals surface area contributed by atoms with E-state index in [1.165, 1.54) is 0 Å². The minimum Gasteiger partial charge on any atom is -0.496 e. The Hall–Kier alpha value is -0.740. The van der Waals surface area contributed by atoms with E-state index in [-0.39, 0.29) is 29.7 Å². The van der Waals surface area contributed by atoms with Crippen LogP contribution in [0.1, 0.15) is 19.4 Å². The third-order valence-electron chi connectivity index (χ3n) is 4.23. The topological polar surface area (TPSA) is 71.0 Å². The number of aliphatic imine (C=N–C) groups is 1. The summed E-state index contributed by atoms with van der Waals surface area (Å²) in [6.45, 7) is 4.82. The zero-order valence-corrected chi connectivity index (χ0v) is 18.8. The lowest BCUT2D eigenvalue weighted by Gasteiger charge is -2.39. The predicted molar refractivity (Wildman–Crippen MR) is 113 cm³/mol. The number of methoxy groups -OCH3 is 1. The first kappa shape index (κ1) is 22.3. The second-order valence-electron chi connectivity index (χ2n) is 6.36. The third-order valence-corrected chi connectivity index (χ3v) is 7.00. The van der Waals surface area contributed by atoms with E-state index in [4.69, 9.17) is 16.3 Å². The zero-order valence-electron chi connectivity index (χ0n) is 14.9. The Kier molecular flexibility index (Phi) is 7.82. The number of nitrogens with zero attached hydrogens (tertiary/aromatic N) is 2. The minimum atomic E-state index is -3.08. The predicted octanol–water partition coefficient (Wildman–Crippen LogP) is 2.55. The fourth-order valence-corrected chi connectivity index (χ4v) is 4.28. The molecule has 25 heavy (non-hydrogen) atoms. The Labute approximate surface area is 171 Å². The van der Waals surface area contributed by atoms with E-state index >= 15 is 0 Å². The van der Waals surface area contributed by atoms with Gasteiger partial charge in [0.1, 0.15) is 5.75 Å². The molecule has 0 spiro atoms. The number of nitrogens with one attached hydrogen (secondary N) is 1. The summed E-state index contributed by atoms with van der Waals surface area (Å²) in [7, 11) is 0.218. The van der Waals surface area contributed by atoms with Crippen molar-refractivity contribution in [1.29, 1.82) is 0 Å². The maximum Gasteiger partial charge on any atom is 0.193 e. The first-order valence-electron chi connectivity index (χ1n) is 7.70. The molecule has 0 aliphatic carbocycles. The van der Waals surface area contributed by atoms with Crippen molar-refractivity contribution in [1.82, 2.24) is 10.2 Å². The molecule has 6 nitrogen and oxygen atoms in total. The number of rotatable bonds is 3. The molecule has 9 heteroatoms. The number of sulfone groups is 1. The molecule has 0 aromatic heterocycles. The Bertz CT molecular complexity index is 738. The van der Waals surface area contributed by atoms with Gasteiger partial charge in [-0.05, 0) is 32.0 Å². The molecule has 1 aromatic rings. The largest absolute Gasteiger partial charge is 0.496 e. The zero-order chi connectivity index (χ0) is 18.0. The SMILES string of the molecule is CN=C(NCc1cc(Cl)ccc1OC)N1CCS(=O)(=O)C(C)(C)C1.I. The Balaban J connectivity index is 0.00000312. The summed E-state index contributed by atoms with van der Waals surface area (Å²) in [6, 6.07) is 5.43. The molecule has 0 atom stereocenters. The summed E-state index contributed by atoms with van der Waals surface area (Å²) >= 11 is 6.05. The molecule has 0 bridgehead atoms. The quantitative estimate of drug-likeness (QED) is 0.392. The summed E-state index contributed by atoms with van der Waals surface area (Å²) in [6.07, 6.45) is 0. The molecule has 1 saturated heterocycles. The lowest BCUT2D eigenvalue weighted by Crippen LogP contribution is -2.57. The van der Waals surface area contributed by atoms with Gasteiger partial charge in [0.15, 0.2) is 15.8 Å². The second-order valence-corrected chi connectivity index (χ2v) is 9.54. The summed E-state index contributed by atoms with van der Waals surface area (Å²) in [5.41, 5.74) is 0.912. The van der Waals surface area contributed by atoms with Gasteiger partial charge in [0.2, 0.25) is 0 Å². The van der Waals surface area contributed by atoms with Gasteiger partial charge < -0.3 is 15.0 Å². The molecule has 1 N–H and O–H groups in total. The Morgan fingerprint density at radius 3 is 2.68 bits per heavy atom. The van der Waals surface area contributed by atoms with Crippen LogP contribution in [-0.2, 0) is 16.4 Å². The molecule has 0 saturated carbocycles. The van der Waals surface area contributed by atoms with Crippen molar-refractivity contribution in [3.05, 3.63) is 28.8 Å². The van der Waals surface area contributed by atoms with Gasteiger partial charge in [-0.2, -0.15) is 0 Å². The van der Waals surface area contributed by atoms with Crippen molar-refractivity contribution in [3.8, 4) is 5.75 Å². The number of hydrogen-bond acceptors (Lipinski definition) is 4. The summed E-state index contributed by atoms with van der Waals surface area (Å²) in [4.78, 5) is 6.25. The van der Waals surface area contributed by atoms with Gasteiger partial charge in [0, 0.05) is 37.3 Å². The number of benzene rings is 1. The highest BCUT2D eigenvalue weighted by molar-refractivity contribution is 14.0. The van der Waals surface area contributed by atoms with E-state index in [0.29, 0.717) is 30.6 Å². The van der Waals surface area contributed by atoms with Crippen LogP contribution in [0.4, 0.5) is 0 Å². The van der Waals surface area contributed by atoms with Gasteiger partial charge in [-0.1, -0.05) is 11.6 Å². The van der Waals surface area contributed by atoms with Gasteiger partial charge in [-0.25, -0.2) is 8.42 Å². The second kappa shape index (κ2) is 8.77. The number of hydrogen-bond donors (Lipinski definition) is 1. The lowest BCUT2D eigenvalue weighted by molar-refractivity contribution is 0.352. The first-order valence-corrected chi connectivity index (χ1v) is 9.73. The average molecular weight is 502 g/mol. The highest BCUT2D eigenvalue weighted by atomic mass is 127. The van der Waals surface area contributed by atoms with Crippen LogP contribution in [0, 0.1) is 0 Å². The van der Waals surface area contributed by atoms with Crippen LogP contribution in [0.25, 0.3) is 0 Å². The smallest absolute Gasteiger partial charge is 0.193 e. The molecule has 0 unspecified atom stereocenters. The Morgan fingerprint density at radius 2 is 2.12 bits per heavy atom. The molecular formula is C16H25ClIN3O3S. The van der Waals surface area contributed by atoms with Crippen LogP contribution in [0.15, 0.2) is 23.2 Å². The fraction of sp³-hybridized carbons (Fsp3) is 0.562. The van der Waals surface area contributed by atoms with Crippen molar-refractivity contribution >= 4 is 51.4 Å². The van der Waals surface area contributed by atoms with Crippen molar-refractivity contribution in [3.63, 3.8) is 0 Å². The molecule has 2 rings (SSSR count). The number of guanidine groups is 1. The van der Waals surface area contributed by atoms with Gasteiger partial charge in [0.05, 0.1) is 17.6 Å². The molecule has 1 aliphatic heterocycles.